The van der Waals surface area contributed by atoms with Crippen molar-refractivity contribution in [2.24, 2.45) is 0 Å². The van der Waals surface area contributed by atoms with E-state index in [2.05, 4.69) is 28.8 Å². The lowest BCUT2D eigenvalue weighted by Crippen LogP contribution is -2.31. The predicted molar refractivity (Wildman–Crippen MR) is 92.7 cm³/mol. The van der Waals surface area contributed by atoms with Crippen LogP contribution >= 0.6 is 0 Å². The van der Waals surface area contributed by atoms with E-state index in [0.717, 1.165) is 18.5 Å². The van der Waals surface area contributed by atoms with E-state index in [0.29, 0.717) is 17.2 Å². The van der Waals surface area contributed by atoms with Crippen molar-refractivity contribution in [3.8, 4) is 11.5 Å². The Morgan fingerprint density at radius 1 is 1.00 bits per heavy atom. The number of carbonyl (C=O) groups is 1. The molecule has 0 radical (unpaired) electrons. The van der Waals surface area contributed by atoms with E-state index in [-0.39, 0.29) is 18.7 Å². The van der Waals surface area contributed by atoms with Crippen LogP contribution in [-0.4, -0.2) is 18.7 Å². The van der Waals surface area contributed by atoms with Crippen molar-refractivity contribution in [1.82, 2.24) is 0 Å². The van der Waals surface area contributed by atoms with Crippen LogP contribution in [0, 0.1) is 0 Å². The number of fused-ring (bicyclic) bond motifs is 2. The Balaban J connectivity index is 1.41. The molecule has 0 saturated heterocycles. The van der Waals surface area contributed by atoms with Gasteiger partial charge in [0.15, 0.2) is 11.5 Å². The van der Waals surface area contributed by atoms with Gasteiger partial charge >= 0.3 is 0 Å². The van der Waals surface area contributed by atoms with Crippen LogP contribution in [0.1, 0.15) is 24.5 Å². The van der Waals surface area contributed by atoms with Crippen LogP contribution in [0.25, 0.3) is 0 Å². The lowest BCUT2D eigenvalue weighted by atomic mass is 10.1. The Bertz CT molecular complexity index is 788. The fourth-order valence-electron chi connectivity index (χ4n) is 3.20. The summed E-state index contributed by atoms with van der Waals surface area (Å²) in [6, 6.07) is 11.4. The van der Waals surface area contributed by atoms with Gasteiger partial charge in [-0.05, 0) is 61.6 Å². The number of benzene rings is 2. The summed E-state index contributed by atoms with van der Waals surface area (Å²) >= 11 is 0. The first-order chi connectivity index (χ1) is 11.7. The van der Waals surface area contributed by atoms with Crippen molar-refractivity contribution in [3.05, 3.63) is 47.5 Å². The molecular weight excluding hydrogens is 304 g/mol. The molecule has 1 aliphatic heterocycles. The molecule has 2 aromatic carbocycles. The van der Waals surface area contributed by atoms with Crippen molar-refractivity contribution in [2.45, 2.75) is 32.2 Å². The van der Waals surface area contributed by atoms with E-state index >= 15 is 0 Å². The Morgan fingerprint density at radius 3 is 2.71 bits per heavy atom. The zero-order valence-corrected chi connectivity index (χ0v) is 13.6. The topological polar surface area (TPSA) is 59.6 Å². The molecule has 4 rings (SSSR count). The largest absolute Gasteiger partial charge is 0.454 e. The van der Waals surface area contributed by atoms with Crippen molar-refractivity contribution in [3.63, 3.8) is 0 Å². The highest BCUT2D eigenvalue weighted by molar-refractivity contribution is 5.96. The zero-order chi connectivity index (χ0) is 16.5. The second-order valence-corrected chi connectivity index (χ2v) is 6.26. The van der Waals surface area contributed by atoms with Gasteiger partial charge in [0.05, 0.1) is 0 Å². The highest BCUT2D eigenvalue weighted by Crippen LogP contribution is 2.34. The molecule has 0 fully saturated rings. The van der Waals surface area contributed by atoms with Crippen LogP contribution in [0.2, 0.25) is 0 Å². The third-order valence-corrected chi connectivity index (χ3v) is 4.52. The average molecular weight is 324 g/mol. The van der Waals surface area contributed by atoms with Gasteiger partial charge in [-0.25, -0.2) is 0 Å². The summed E-state index contributed by atoms with van der Waals surface area (Å²) in [4.78, 5) is 12.4. The molecule has 1 heterocycles. The number of amides is 1. The van der Waals surface area contributed by atoms with Crippen LogP contribution in [-0.2, 0) is 17.6 Å². The highest BCUT2D eigenvalue weighted by atomic mass is 16.7. The minimum absolute atomic E-state index is 0.0886. The first kappa shape index (κ1) is 14.9. The highest BCUT2D eigenvalue weighted by Gasteiger charge is 2.17. The van der Waals surface area contributed by atoms with E-state index in [1.807, 2.05) is 13.0 Å². The summed E-state index contributed by atoms with van der Waals surface area (Å²) in [7, 11) is 0. The minimum Gasteiger partial charge on any atom is -0.454 e. The molecule has 0 bridgehead atoms. The monoisotopic (exact) mass is 324 g/mol. The average Bonchev–Trinajstić information content (AvgIpc) is 3.22. The fraction of sp³-hybridized carbons (Fsp3) is 0.316. The summed E-state index contributed by atoms with van der Waals surface area (Å²) < 4.78 is 10.6. The van der Waals surface area contributed by atoms with Crippen molar-refractivity contribution in [2.75, 3.05) is 17.4 Å². The summed E-state index contributed by atoms with van der Waals surface area (Å²) in [5, 5.41) is 6.18. The maximum absolute atomic E-state index is 12.4. The SMILES string of the molecule is C[C@@H](Nc1ccc2c(c1)CCC2)C(=O)Nc1ccc2c(c1)OCO2. The lowest BCUT2D eigenvalue weighted by Gasteiger charge is -2.16. The van der Waals surface area contributed by atoms with Gasteiger partial charge in [-0.15, -0.1) is 0 Å². The molecule has 2 aliphatic rings. The molecule has 24 heavy (non-hydrogen) atoms. The Labute approximate surface area is 141 Å². The van der Waals surface area contributed by atoms with Gasteiger partial charge in [0.25, 0.3) is 0 Å². The van der Waals surface area contributed by atoms with E-state index in [1.165, 1.54) is 17.5 Å². The van der Waals surface area contributed by atoms with Gasteiger partial charge in [-0.2, -0.15) is 0 Å². The molecule has 0 saturated carbocycles. The smallest absolute Gasteiger partial charge is 0.246 e. The number of ether oxygens (including phenoxy) is 2. The van der Waals surface area contributed by atoms with Gasteiger partial charge < -0.3 is 20.1 Å². The Hall–Kier alpha value is -2.69. The number of nitrogens with one attached hydrogen (secondary N) is 2. The molecule has 1 amide bonds. The second-order valence-electron chi connectivity index (χ2n) is 6.26. The van der Waals surface area contributed by atoms with Gasteiger partial charge in [-0.1, -0.05) is 6.07 Å². The molecule has 5 heteroatoms. The third kappa shape index (κ3) is 2.89. The molecule has 1 atom stereocenters. The molecule has 5 nitrogen and oxygen atoms in total. The van der Waals surface area contributed by atoms with Crippen molar-refractivity contribution in [1.29, 1.82) is 0 Å². The van der Waals surface area contributed by atoms with E-state index < -0.39 is 0 Å². The predicted octanol–water partition coefficient (Wildman–Crippen LogP) is 3.34. The van der Waals surface area contributed by atoms with Crippen LogP contribution in [0.5, 0.6) is 11.5 Å². The van der Waals surface area contributed by atoms with Gasteiger partial charge in [0.1, 0.15) is 6.04 Å². The fourth-order valence-corrected chi connectivity index (χ4v) is 3.20. The standard InChI is InChI=1S/C19H20N2O3/c1-12(20-15-6-5-13-3-2-4-14(13)9-15)19(22)21-16-7-8-17-18(10-16)24-11-23-17/h5-10,12,20H,2-4,11H2,1H3,(H,21,22)/t12-/m1/s1. The van der Waals surface area contributed by atoms with E-state index in [1.54, 1.807) is 12.1 Å². The van der Waals surface area contributed by atoms with Gasteiger partial charge in [0, 0.05) is 17.4 Å². The number of anilines is 2. The maximum atomic E-state index is 12.4. The van der Waals surface area contributed by atoms with E-state index in [4.69, 9.17) is 9.47 Å². The molecule has 0 unspecified atom stereocenters. The van der Waals surface area contributed by atoms with Crippen LogP contribution in [0.4, 0.5) is 11.4 Å². The minimum atomic E-state index is -0.338. The number of aryl methyl sites for hydroxylation is 2. The van der Waals surface area contributed by atoms with Crippen molar-refractivity contribution < 1.29 is 14.3 Å². The lowest BCUT2D eigenvalue weighted by molar-refractivity contribution is -0.116. The molecule has 2 aromatic rings. The first-order valence-electron chi connectivity index (χ1n) is 8.28. The summed E-state index contributed by atoms with van der Waals surface area (Å²) in [6.45, 7) is 2.08. The molecule has 0 aromatic heterocycles. The second kappa shape index (κ2) is 6.07. The third-order valence-electron chi connectivity index (χ3n) is 4.52. The molecule has 2 N–H and O–H groups in total. The number of hydrogen-bond donors (Lipinski definition) is 2. The Kier molecular flexibility index (Phi) is 3.76. The number of carbonyl (C=O) groups excluding carboxylic acids is 1. The normalized spacial score (nSPS) is 15.7. The number of hydrogen-bond acceptors (Lipinski definition) is 4. The first-order valence-corrected chi connectivity index (χ1v) is 8.28. The quantitative estimate of drug-likeness (QED) is 0.905. The zero-order valence-electron chi connectivity index (χ0n) is 13.6. The molecule has 1 aliphatic carbocycles. The maximum Gasteiger partial charge on any atom is 0.246 e. The van der Waals surface area contributed by atoms with Gasteiger partial charge in [-0.3, -0.25) is 4.79 Å². The van der Waals surface area contributed by atoms with Crippen LogP contribution < -0.4 is 20.1 Å². The Morgan fingerprint density at radius 2 is 1.79 bits per heavy atom. The van der Waals surface area contributed by atoms with Gasteiger partial charge in [0.2, 0.25) is 12.7 Å². The number of rotatable bonds is 4. The van der Waals surface area contributed by atoms with Crippen LogP contribution in [0.15, 0.2) is 36.4 Å². The summed E-state index contributed by atoms with van der Waals surface area (Å²) in [6.07, 6.45) is 3.51. The van der Waals surface area contributed by atoms with E-state index in [9.17, 15) is 4.79 Å². The molecular formula is C19H20N2O3. The molecule has 124 valence electrons. The summed E-state index contributed by atoms with van der Waals surface area (Å²) in [5.74, 6) is 1.28. The molecule has 0 spiro atoms. The van der Waals surface area contributed by atoms with Crippen LogP contribution in [0.3, 0.4) is 0 Å². The summed E-state index contributed by atoms with van der Waals surface area (Å²) in [5.41, 5.74) is 4.51. The van der Waals surface area contributed by atoms with Crippen molar-refractivity contribution >= 4 is 17.3 Å².